The van der Waals surface area contributed by atoms with Gasteiger partial charge in [-0.1, -0.05) is 6.07 Å². The van der Waals surface area contributed by atoms with E-state index in [0.717, 1.165) is 6.07 Å². The number of anilines is 2. The fraction of sp³-hybridized carbons (Fsp3) is 0. The molecule has 0 unspecified atom stereocenters. The first-order chi connectivity index (χ1) is 9.42. The Morgan fingerprint density at radius 2 is 2.05 bits per heavy atom. The van der Waals surface area contributed by atoms with E-state index in [1.54, 1.807) is 0 Å². The lowest BCUT2D eigenvalue weighted by Gasteiger charge is -2.09. The van der Waals surface area contributed by atoms with Crippen LogP contribution in [0.5, 0.6) is 0 Å². The zero-order chi connectivity index (χ0) is 14.8. The minimum absolute atomic E-state index is 0.0760. The Balaban J connectivity index is 2.39. The van der Waals surface area contributed by atoms with Crippen molar-refractivity contribution in [2.75, 3.05) is 10.5 Å². The van der Waals surface area contributed by atoms with Crippen LogP contribution in [0, 0.1) is 17.3 Å². The Morgan fingerprint density at radius 1 is 1.30 bits per heavy atom. The van der Waals surface area contributed by atoms with Crippen molar-refractivity contribution in [3.8, 4) is 6.07 Å². The zero-order valence-corrected chi connectivity index (χ0v) is 10.9. The molecule has 3 N–H and O–H groups in total. The third-order valence-electron chi connectivity index (χ3n) is 2.38. The second-order valence-electron chi connectivity index (χ2n) is 3.82. The molecule has 0 atom stereocenters. The summed E-state index contributed by atoms with van der Waals surface area (Å²) >= 11 is 0. The van der Waals surface area contributed by atoms with E-state index in [0.29, 0.717) is 0 Å². The third-order valence-corrected chi connectivity index (χ3v) is 3.81. The largest absolute Gasteiger partial charge is 0.398 e. The van der Waals surface area contributed by atoms with Crippen LogP contribution in [0.1, 0.15) is 5.56 Å². The lowest BCUT2D eigenvalue weighted by molar-refractivity contribution is 0.584. The molecule has 2 aromatic rings. The highest BCUT2D eigenvalue weighted by atomic mass is 32.2. The molecule has 0 aliphatic rings. The molecule has 20 heavy (non-hydrogen) atoms. The van der Waals surface area contributed by atoms with Crippen LogP contribution in [-0.4, -0.2) is 13.4 Å². The van der Waals surface area contributed by atoms with Crippen molar-refractivity contribution in [2.24, 2.45) is 0 Å². The number of nitrogen functional groups attached to an aromatic ring is 1. The number of hydrogen-bond donors (Lipinski definition) is 2. The van der Waals surface area contributed by atoms with E-state index in [1.165, 1.54) is 30.3 Å². The first kappa shape index (κ1) is 13.8. The summed E-state index contributed by atoms with van der Waals surface area (Å²) in [4.78, 5) is 3.19. The average molecular weight is 292 g/mol. The van der Waals surface area contributed by atoms with E-state index in [4.69, 9.17) is 11.0 Å². The number of halogens is 1. The number of rotatable bonds is 3. The molecule has 6 nitrogen and oxygen atoms in total. The lowest BCUT2D eigenvalue weighted by atomic mass is 10.2. The molecular formula is C12H9FN4O2S. The predicted octanol–water partition coefficient (Wildman–Crippen LogP) is 1.48. The predicted molar refractivity (Wildman–Crippen MR) is 70.6 cm³/mol. The summed E-state index contributed by atoms with van der Waals surface area (Å²) < 4.78 is 39.2. The van der Waals surface area contributed by atoms with Gasteiger partial charge < -0.3 is 5.73 Å². The van der Waals surface area contributed by atoms with Crippen molar-refractivity contribution in [2.45, 2.75) is 4.90 Å². The van der Waals surface area contributed by atoms with Gasteiger partial charge in [-0.3, -0.25) is 4.72 Å². The molecule has 0 fully saturated rings. The maximum absolute atomic E-state index is 12.9. The van der Waals surface area contributed by atoms with Crippen molar-refractivity contribution in [1.82, 2.24) is 4.98 Å². The number of nitrogens with zero attached hydrogens (tertiary/aromatic N) is 2. The Labute approximate surface area is 114 Å². The molecule has 0 aliphatic carbocycles. The first-order valence-electron chi connectivity index (χ1n) is 5.37. The van der Waals surface area contributed by atoms with E-state index in [-0.39, 0.29) is 22.0 Å². The minimum atomic E-state index is -4.00. The number of sulfonamides is 1. The van der Waals surface area contributed by atoms with Crippen molar-refractivity contribution in [3.63, 3.8) is 0 Å². The van der Waals surface area contributed by atoms with Crippen LogP contribution in [0.2, 0.25) is 0 Å². The first-order valence-corrected chi connectivity index (χ1v) is 6.86. The molecule has 0 radical (unpaired) electrons. The standard InChI is InChI=1S/C12H9FN4O2S/c13-11-2-1-3-12(16-11)17-20(18,19)10-5-4-8(7-14)6-9(10)15/h1-6H,15H2,(H,16,17). The molecule has 1 aromatic heterocycles. The Kier molecular flexibility index (Phi) is 3.54. The van der Waals surface area contributed by atoms with E-state index < -0.39 is 16.0 Å². The van der Waals surface area contributed by atoms with Gasteiger partial charge in [0.05, 0.1) is 17.3 Å². The summed E-state index contributed by atoms with van der Waals surface area (Å²) in [5.41, 5.74) is 5.77. The highest BCUT2D eigenvalue weighted by Crippen LogP contribution is 2.21. The van der Waals surface area contributed by atoms with Crippen molar-refractivity contribution in [1.29, 1.82) is 5.26 Å². The summed E-state index contributed by atoms with van der Waals surface area (Å²) in [5.74, 6) is -0.966. The van der Waals surface area contributed by atoms with Crippen LogP contribution in [0.15, 0.2) is 41.3 Å². The SMILES string of the molecule is N#Cc1ccc(S(=O)(=O)Nc2cccc(F)n2)c(N)c1. The van der Waals surface area contributed by atoms with Crippen molar-refractivity contribution < 1.29 is 12.8 Å². The highest BCUT2D eigenvalue weighted by molar-refractivity contribution is 7.92. The number of pyridine rings is 1. The lowest BCUT2D eigenvalue weighted by Crippen LogP contribution is -2.16. The number of nitrogens with one attached hydrogen (secondary N) is 1. The summed E-state index contributed by atoms with van der Waals surface area (Å²) in [6.07, 6.45) is 0. The molecule has 0 saturated carbocycles. The maximum Gasteiger partial charge on any atom is 0.265 e. The summed E-state index contributed by atoms with van der Waals surface area (Å²) in [5, 5.41) is 8.70. The number of benzene rings is 1. The fourth-order valence-electron chi connectivity index (χ4n) is 1.52. The zero-order valence-electron chi connectivity index (χ0n) is 10.0. The second-order valence-corrected chi connectivity index (χ2v) is 5.47. The van der Waals surface area contributed by atoms with Gasteiger partial charge in [-0.05, 0) is 30.3 Å². The van der Waals surface area contributed by atoms with Crippen LogP contribution in [0.4, 0.5) is 15.9 Å². The van der Waals surface area contributed by atoms with E-state index in [1.807, 2.05) is 6.07 Å². The van der Waals surface area contributed by atoms with Gasteiger partial charge in [0.2, 0.25) is 5.95 Å². The summed E-state index contributed by atoms with van der Waals surface area (Å²) in [6, 6.07) is 9.34. The minimum Gasteiger partial charge on any atom is -0.398 e. The quantitative estimate of drug-likeness (QED) is 0.657. The maximum atomic E-state index is 12.9. The van der Waals surface area contributed by atoms with Gasteiger partial charge >= 0.3 is 0 Å². The molecule has 0 aliphatic heterocycles. The van der Waals surface area contributed by atoms with Crippen LogP contribution in [0.25, 0.3) is 0 Å². The Bertz CT molecular complexity index is 799. The normalized spacial score (nSPS) is 10.8. The monoisotopic (exact) mass is 292 g/mol. The van der Waals surface area contributed by atoms with Gasteiger partial charge in [0, 0.05) is 0 Å². The number of nitrogens with two attached hydrogens (primary N) is 1. The second kappa shape index (κ2) is 5.14. The highest BCUT2D eigenvalue weighted by Gasteiger charge is 2.18. The summed E-state index contributed by atoms with van der Waals surface area (Å²) in [6.45, 7) is 0. The van der Waals surface area contributed by atoms with Gasteiger partial charge in [-0.15, -0.1) is 0 Å². The molecule has 0 saturated heterocycles. The van der Waals surface area contributed by atoms with Crippen LogP contribution in [-0.2, 0) is 10.0 Å². The summed E-state index contributed by atoms with van der Waals surface area (Å²) in [7, 11) is -4.00. The molecular weight excluding hydrogens is 283 g/mol. The molecule has 1 aromatic carbocycles. The molecule has 0 spiro atoms. The number of nitriles is 1. The van der Waals surface area contributed by atoms with Gasteiger partial charge in [-0.25, -0.2) is 13.4 Å². The molecule has 8 heteroatoms. The van der Waals surface area contributed by atoms with Gasteiger partial charge in [0.25, 0.3) is 10.0 Å². The third kappa shape index (κ3) is 2.84. The topological polar surface area (TPSA) is 109 Å². The number of aromatic nitrogens is 1. The Hall–Kier alpha value is -2.66. The van der Waals surface area contributed by atoms with Gasteiger partial charge in [-0.2, -0.15) is 9.65 Å². The van der Waals surface area contributed by atoms with E-state index >= 15 is 0 Å². The van der Waals surface area contributed by atoms with E-state index in [9.17, 15) is 12.8 Å². The Morgan fingerprint density at radius 3 is 2.65 bits per heavy atom. The molecule has 0 bridgehead atoms. The molecule has 102 valence electrons. The number of hydrogen-bond acceptors (Lipinski definition) is 5. The molecule has 0 amide bonds. The van der Waals surface area contributed by atoms with Crippen LogP contribution >= 0.6 is 0 Å². The van der Waals surface area contributed by atoms with Crippen LogP contribution < -0.4 is 10.5 Å². The van der Waals surface area contributed by atoms with Gasteiger partial charge in [0.15, 0.2) is 0 Å². The molecule has 2 rings (SSSR count). The fourth-order valence-corrected chi connectivity index (χ4v) is 2.64. The molecule has 1 heterocycles. The van der Waals surface area contributed by atoms with Crippen molar-refractivity contribution in [3.05, 3.63) is 47.9 Å². The smallest absolute Gasteiger partial charge is 0.265 e. The van der Waals surface area contributed by atoms with E-state index in [2.05, 4.69) is 9.71 Å². The van der Waals surface area contributed by atoms with Crippen molar-refractivity contribution >= 4 is 21.5 Å². The average Bonchev–Trinajstić information content (AvgIpc) is 2.37. The van der Waals surface area contributed by atoms with Gasteiger partial charge in [0.1, 0.15) is 10.7 Å². The van der Waals surface area contributed by atoms with Crippen LogP contribution in [0.3, 0.4) is 0 Å².